The van der Waals surface area contributed by atoms with Crippen molar-refractivity contribution in [2.75, 3.05) is 26.0 Å². The molecule has 0 aliphatic rings. The zero-order chi connectivity index (χ0) is 24.3. The lowest BCUT2D eigenvalue weighted by molar-refractivity contribution is -0.148. The second-order valence-electron chi connectivity index (χ2n) is 6.52. The average Bonchev–Trinajstić information content (AvgIpc) is 2.68. The summed E-state index contributed by atoms with van der Waals surface area (Å²) in [5, 5.41) is 2.23. The van der Waals surface area contributed by atoms with Crippen molar-refractivity contribution in [2.45, 2.75) is 17.6 Å². The Labute approximate surface area is 185 Å². The molecule has 32 heavy (non-hydrogen) atoms. The van der Waals surface area contributed by atoms with Gasteiger partial charge in [0, 0.05) is 32.0 Å². The maximum Gasteiger partial charge on any atom is 0.417 e. The van der Waals surface area contributed by atoms with Crippen LogP contribution in [0.25, 0.3) is 0 Å². The number of sulfonamides is 1. The fourth-order valence-electron chi connectivity index (χ4n) is 2.33. The molecule has 0 bridgehead atoms. The topological polar surface area (TPSA) is 115 Å². The normalized spacial score (nSPS) is 12.0. The molecule has 1 heterocycles. The SMILES string of the molecule is CN(C)S(=O)(=O)c1cc(NC(=O)COC(=O)Cn2cc(C(F)(F)F)ccc2=O)ccc1Cl. The molecule has 0 unspecified atom stereocenters. The number of alkyl halides is 3. The van der Waals surface area contributed by atoms with Crippen molar-refractivity contribution in [3.63, 3.8) is 0 Å². The molecule has 0 fully saturated rings. The molecule has 0 radical (unpaired) electrons. The predicted octanol–water partition coefficient (Wildman–Crippen LogP) is 1.95. The molecular weight excluding hydrogens is 479 g/mol. The van der Waals surface area contributed by atoms with E-state index in [0.29, 0.717) is 22.9 Å². The van der Waals surface area contributed by atoms with E-state index < -0.39 is 52.4 Å². The summed E-state index contributed by atoms with van der Waals surface area (Å²) >= 11 is 5.91. The summed E-state index contributed by atoms with van der Waals surface area (Å²) < 4.78 is 68.8. The number of esters is 1. The van der Waals surface area contributed by atoms with Crippen LogP contribution in [-0.4, -0.2) is 49.9 Å². The second kappa shape index (κ2) is 9.71. The lowest BCUT2D eigenvalue weighted by Gasteiger charge is -2.14. The number of carbonyl (C=O) groups excluding carboxylic acids is 2. The van der Waals surface area contributed by atoms with E-state index in [1.165, 1.54) is 26.2 Å². The Hall–Kier alpha value is -2.90. The van der Waals surface area contributed by atoms with Crippen molar-refractivity contribution in [3.8, 4) is 0 Å². The number of anilines is 1. The minimum atomic E-state index is -4.71. The number of hydrogen-bond donors (Lipinski definition) is 1. The monoisotopic (exact) mass is 495 g/mol. The molecule has 174 valence electrons. The number of amides is 1. The van der Waals surface area contributed by atoms with E-state index >= 15 is 0 Å². The predicted molar refractivity (Wildman–Crippen MR) is 108 cm³/mol. The van der Waals surface area contributed by atoms with Gasteiger partial charge in [-0.15, -0.1) is 0 Å². The summed E-state index contributed by atoms with van der Waals surface area (Å²) in [6.45, 7) is -1.67. The van der Waals surface area contributed by atoms with Crippen LogP contribution in [0.2, 0.25) is 5.02 Å². The Morgan fingerprint density at radius 2 is 1.84 bits per heavy atom. The molecule has 9 nitrogen and oxygen atoms in total. The van der Waals surface area contributed by atoms with Crippen LogP contribution in [0.4, 0.5) is 18.9 Å². The molecule has 0 aliphatic carbocycles. The number of ether oxygens (including phenoxy) is 1. The summed E-state index contributed by atoms with van der Waals surface area (Å²) in [4.78, 5) is 35.2. The summed E-state index contributed by atoms with van der Waals surface area (Å²) in [5.74, 6) is -1.99. The molecule has 0 saturated carbocycles. The molecule has 0 saturated heterocycles. The Morgan fingerprint density at radius 3 is 2.44 bits per heavy atom. The van der Waals surface area contributed by atoms with Crippen LogP contribution in [-0.2, 0) is 37.1 Å². The van der Waals surface area contributed by atoms with Crippen molar-refractivity contribution in [3.05, 3.63) is 57.5 Å². The fraction of sp³-hybridized carbons (Fsp3) is 0.278. The van der Waals surface area contributed by atoms with Gasteiger partial charge in [0.15, 0.2) is 6.61 Å². The molecule has 2 rings (SSSR count). The second-order valence-corrected chi connectivity index (χ2v) is 9.05. The summed E-state index contributed by atoms with van der Waals surface area (Å²) in [6.07, 6.45) is -4.25. The Morgan fingerprint density at radius 1 is 1.19 bits per heavy atom. The summed E-state index contributed by atoms with van der Waals surface area (Å²) in [5.41, 5.74) is -1.95. The molecular formula is C18H17ClF3N3O6S. The van der Waals surface area contributed by atoms with Gasteiger partial charge in [0.1, 0.15) is 11.4 Å². The molecule has 1 amide bonds. The molecule has 14 heteroatoms. The van der Waals surface area contributed by atoms with Crippen LogP contribution < -0.4 is 10.9 Å². The summed E-state index contributed by atoms with van der Waals surface area (Å²) in [7, 11) is -1.30. The number of rotatable bonds is 7. The number of nitrogens with one attached hydrogen (secondary N) is 1. The number of aromatic nitrogens is 1. The molecule has 2 aromatic rings. The van der Waals surface area contributed by atoms with Gasteiger partial charge in [0.05, 0.1) is 10.6 Å². The maximum atomic E-state index is 12.7. The van der Waals surface area contributed by atoms with Crippen LogP contribution in [0.3, 0.4) is 0 Å². The van der Waals surface area contributed by atoms with Crippen LogP contribution >= 0.6 is 11.6 Å². The molecule has 0 aliphatic heterocycles. The fourth-order valence-corrected chi connectivity index (χ4v) is 3.72. The number of hydrogen-bond acceptors (Lipinski definition) is 6. The van der Waals surface area contributed by atoms with Gasteiger partial charge < -0.3 is 14.6 Å². The van der Waals surface area contributed by atoms with Gasteiger partial charge in [-0.3, -0.25) is 14.4 Å². The number of halogens is 4. The van der Waals surface area contributed by atoms with Crippen molar-refractivity contribution < 1.29 is 35.9 Å². The smallest absolute Gasteiger partial charge is 0.417 e. The van der Waals surface area contributed by atoms with Gasteiger partial charge in [-0.05, 0) is 24.3 Å². The first-order valence-electron chi connectivity index (χ1n) is 8.67. The van der Waals surface area contributed by atoms with E-state index in [1.807, 2.05) is 0 Å². The minimum Gasteiger partial charge on any atom is -0.454 e. The first kappa shape index (κ1) is 25.4. The molecule has 0 spiro atoms. The highest BCUT2D eigenvalue weighted by atomic mass is 35.5. The van der Waals surface area contributed by atoms with Crippen molar-refractivity contribution in [1.29, 1.82) is 0 Å². The van der Waals surface area contributed by atoms with Crippen molar-refractivity contribution >= 4 is 39.2 Å². The van der Waals surface area contributed by atoms with E-state index in [2.05, 4.69) is 10.1 Å². The van der Waals surface area contributed by atoms with E-state index in [0.717, 1.165) is 10.4 Å². The Kier molecular flexibility index (Phi) is 7.70. The number of benzene rings is 1. The first-order chi connectivity index (χ1) is 14.7. The number of nitrogens with zero attached hydrogens (tertiary/aromatic N) is 2. The number of carbonyl (C=O) groups is 2. The molecule has 0 atom stereocenters. The summed E-state index contributed by atoms with van der Waals surface area (Å²) in [6, 6.07) is 4.91. The van der Waals surface area contributed by atoms with Gasteiger partial charge in [-0.1, -0.05) is 11.6 Å². The van der Waals surface area contributed by atoms with Crippen LogP contribution in [0.1, 0.15) is 5.56 Å². The average molecular weight is 496 g/mol. The Bertz CT molecular complexity index is 1200. The first-order valence-corrected chi connectivity index (χ1v) is 10.5. The lowest BCUT2D eigenvalue weighted by atomic mass is 10.3. The highest BCUT2D eigenvalue weighted by Crippen LogP contribution is 2.28. The quantitative estimate of drug-likeness (QED) is 0.587. The van der Waals surface area contributed by atoms with Crippen LogP contribution in [0.5, 0.6) is 0 Å². The third-order valence-corrected chi connectivity index (χ3v) is 6.24. The molecule has 1 aromatic heterocycles. The largest absolute Gasteiger partial charge is 0.454 e. The highest BCUT2D eigenvalue weighted by molar-refractivity contribution is 7.89. The zero-order valence-corrected chi connectivity index (χ0v) is 18.2. The van der Waals surface area contributed by atoms with Crippen LogP contribution in [0, 0.1) is 0 Å². The van der Waals surface area contributed by atoms with E-state index in [9.17, 15) is 36.0 Å². The van der Waals surface area contributed by atoms with Gasteiger partial charge in [0.2, 0.25) is 10.0 Å². The molecule has 1 N–H and O–H groups in total. The maximum absolute atomic E-state index is 12.7. The van der Waals surface area contributed by atoms with Crippen molar-refractivity contribution in [1.82, 2.24) is 8.87 Å². The van der Waals surface area contributed by atoms with Gasteiger partial charge in [-0.2, -0.15) is 13.2 Å². The third-order valence-electron chi connectivity index (χ3n) is 3.95. The van der Waals surface area contributed by atoms with E-state index in [1.54, 1.807) is 0 Å². The van der Waals surface area contributed by atoms with Crippen LogP contribution in [0.15, 0.2) is 46.2 Å². The van der Waals surface area contributed by atoms with E-state index in [4.69, 9.17) is 11.6 Å². The minimum absolute atomic E-state index is 0.0463. The van der Waals surface area contributed by atoms with Gasteiger partial charge in [-0.25, -0.2) is 12.7 Å². The third kappa shape index (κ3) is 6.31. The van der Waals surface area contributed by atoms with Crippen molar-refractivity contribution in [2.24, 2.45) is 0 Å². The van der Waals surface area contributed by atoms with E-state index in [-0.39, 0.29) is 15.6 Å². The van der Waals surface area contributed by atoms with Gasteiger partial charge in [0.25, 0.3) is 11.5 Å². The number of pyridine rings is 1. The zero-order valence-electron chi connectivity index (χ0n) is 16.6. The standard InChI is InChI=1S/C18H17ClF3N3O6S/c1-24(2)32(29,30)14-7-12(4-5-13(14)19)23-15(26)10-31-17(28)9-25-8-11(18(20,21)22)3-6-16(25)27/h3-8H,9-10H2,1-2H3,(H,23,26). The Balaban J connectivity index is 2.02. The molecule has 1 aromatic carbocycles. The lowest BCUT2D eigenvalue weighted by Crippen LogP contribution is -2.28. The van der Waals surface area contributed by atoms with Gasteiger partial charge >= 0.3 is 12.1 Å². The highest BCUT2D eigenvalue weighted by Gasteiger charge is 2.31.